The van der Waals surface area contributed by atoms with Crippen LogP contribution in [0.15, 0.2) is 53.9 Å². The number of carbonyl (C=O) groups is 4. The molecule has 1 saturated heterocycles. The molecule has 3 heterocycles. The van der Waals surface area contributed by atoms with Gasteiger partial charge in [-0.1, -0.05) is 6.08 Å². The van der Waals surface area contributed by atoms with Crippen molar-refractivity contribution in [3.05, 3.63) is 65.0 Å². The minimum Gasteiger partial charge on any atom is -0.465 e. The summed E-state index contributed by atoms with van der Waals surface area (Å²) in [6, 6.07) is 4.67. The van der Waals surface area contributed by atoms with E-state index in [1.165, 1.54) is 36.2 Å². The number of hydrogen-bond donors (Lipinski definition) is 0. The number of benzene rings is 1. The maximum absolute atomic E-state index is 13.0. The number of anilines is 1. The molecule has 32 heavy (non-hydrogen) atoms. The first-order chi connectivity index (χ1) is 15.5. The molecule has 1 aromatic carbocycles. The molecule has 1 aromatic rings. The molecule has 2 amide bonds. The first-order valence-corrected chi connectivity index (χ1v) is 10.1. The molecule has 0 N–H and O–H groups in total. The smallest absolute Gasteiger partial charge is 0.355 e. The van der Waals surface area contributed by atoms with Crippen molar-refractivity contribution in [3.63, 3.8) is 0 Å². The number of fused-ring (bicyclic) bond motifs is 1. The van der Waals surface area contributed by atoms with Gasteiger partial charge in [0.25, 0.3) is 11.8 Å². The van der Waals surface area contributed by atoms with Gasteiger partial charge in [0.1, 0.15) is 5.70 Å². The van der Waals surface area contributed by atoms with E-state index in [1.807, 2.05) is 0 Å². The lowest BCUT2D eigenvalue weighted by Gasteiger charge is -2.23. The van der Waals surface area contributed by atoms with Crippen LogP contribution < -0.4 is 4.90 Å². The zero-order valence-corrected chi connectivity index (χ0v) is 17.7. The van der Waals surface area contributed by atoms with E-state index < -0.39 is 17.8 Å². The van der Waals surface area contributed by atoms with E-state index in [0.717, 1.165) is 12.8 Å². The maximum Gasteiger partial charge on any atom is 0.355 e. The lowest BCUT2D eigenvalue weighted by atomic mass is 10.1. The highest BCUT2D eigenvalue weighted by atomic mass is 16.5. The van der Waals surface area contributed by atoms with Gasteiger partial charge in [0, 0.05) is 18.5 Å². The molecule has 0 bridgehead atoms. The Morgan fingerprint density at radius 1 is 1.06 bits per heavy atom. The summed E-state index contributed by atoms with van der Waals surface area (Å²) in [4.78, 5) is 53.3. The summed E-state index contributed by atoms with van der Waals surface area (Å²) in [5, 5.41) is 0. The molecule has 1 unspecified atom stereocenters. The van der Waals surface area contributed by atoms with Crippen LogP contribution in [0, 0.1) is 0 Å². The molecule has 1 atom stereocenters. The average Bonchev–Trinajstić information content (AvgIpc) is 3.33. The molecular formula is C23H22N2O7. The molecule has 166 valence electrons. The van der Waals surface area contributed by atoms with Gasteiger partial charge in [-0.15, -0.1) is 0 Å². The molecule has 4 rings (SSSR count). The van der Waals surface area contributed by atoms with Crippen LogP contribution >= 0.6 is 0 Å². The first-order valence-electron chi connectivity index (χ1n) is 10.1. The number of ether oxygens (including phenoxy) is 3. The third kappa shape index (κ3) is 3.71. The zero-order valence-electron chi connectivity index (χ0n) is 17.7. The van der Waals surface area contributed by atoms with Crippen molar-refractivity contribution in [1.82, 2.24) is 4.90 Å². The molecule has 1 fully saturated rings. The Morgan fingerprint density at radius 2 is 1.81 bits per heavy atom. The molecule has 0 aliphatic carbocycles. The second-order valence-electron chi connectivity index (χ2n) is 7.40. The Morgan fingerprint density at radius 3 is 2.50 bits per heavy atom. The van der Waals surface area contributed by atoms with Crippen molar-refractivity contribution in [2.45, 2.75) is 18.9 Å². The fraction of sp³-hybridized carbons (Fsp3) is 0.304. The summed E-state index contributed by atoms with van der Waals surface area (Å²) in [7, 11) is 2.41. The summed E-state index contributed by atoms with van der Waals surface area (Å²) < 4.78 is 15.3. The van der Waals surface area contributed by atoms with Crippen LogP contribution in [0.2, 0.25) is 0 Å². The number of esters is 2. The quantitative estimate of drug-likeness (QED) is 0.508. The number of rotatable bonds is 5. The fourth-order valence-electron chi connectivity index (χ4n) is 3.95. The highest BCUT2D eigenvalue weighted by Gasteiger charge is 2.38. The number of amides is 2. The van der Waals surface area contributed by atoms with Crippen molar-refractivity contribution in [2.24, 2.45) is 0 Å². The van der Waals surface area contributed by atoms with E-state index in [0.29, 0.717) is 12.3 Å². The molecule has 0 saturated carbocycles. The van der Waals surface area contributed by atoms with Gasteiger partial charge in [-0.05, 0) is 43.2 Å². The standard InChI is InChI=1S/C23H22N2O7/c1-30-22(28)17-7-3-4-10-24(19(17)23(29)31-2)14-8-9-16-18(12-14)21(27)25(20(16)26)13-15-6-5-11-32-15/h3-4,7-10,12,15H,5-6,11,13H2,1-2H3. The van der Waals surface area contributed by atoms with Crippen LogP contribution in [0.25, 0.3) is 0 Å². The SMILES string of the molecule is COC(=O)C1=C(C(=O)OC)N(c2ccc3c(c2)C(=O)N(CC2CCCO2)C3=O)C=CC=C1. The van der Waals surface area contributed by atoms with Gasteiger partial charge < -0.3 is 19.1 Å². The van der Waals surface area contributed by atoms with Gasteiger partial charge in [0.05, 0.1) is 43.6 Å². The number of hydrogen-bond acceptors (Lipinski definition) is 8. The van der Waals surface area contributed by atoms with Crippen molar-refractivity contribution in [3.8, 4) is 0 Å². The summed E-state index contributed by atoms with van der Waals surface area (Å²) in [5.74, 6) is -2.27. The molecule has 0 radical (unpaired) electrons. The van der Waals surface area contributed by atoms with E-state index in [1.54, 1.807) is 30.5 Å². The Hall–Kier alpha value is -3.72. The summed E-state index contributed by atoms with van der Waals surface area (Å²) in [6.45, 7) is 0.827. The summed E-state index contributed by atoms with van der Waals surface area (Å²) >= 11 is 0. The van der Waals surface area contributed by atoms with E-state index in [2.05, 4.69) is 0 Å². The van der Waals surface area contributed by atoms with E-state index >= 15 is 0 Å². The van der Waals surface area contributed by atoms with Gasteiger partial charge in [-0.25, -0.2) is 9.59 Å². The van der Waals surface area contributed by atoms with Gasteiger partial charge >= 0.3 is 11.9 Å². The molecule has 0 spiro atoms. The van der Waals surface area contributed by atoms with Crippen LogP contribution in [0.1, 0.15) is 33.6 Å². The number of allylic oxidation sites excluding steroid dienone is 2. The van der Waals surface area contributed by atoms with Crippen LogP contribution in [-0.2, 0) is 23.8 Å². The van der Waals surface area contributed by atoms with Crippen molar-refractivity contribution >= 4 is 29.4 Å². The van der Waals surface area contributed by atoms with Gasteiger partial charge in [-0.2, -0.15) is 0 Å². The molecule has 9 nitrogen and oxygen atoms in total. The lowest BCUT2D eigenvalue weighted by molar-refractivity contribution is -0.139. The highest BCUT2D eigenvalue weighted by molar-refractivity contribution is 6.22. The molecule has 9 heteroatoms. The number of methoxy groups -OCH3 is 2. The van der Waals surface area contributed by atoms with Gasteiger partial charge in [-0.3, -0.25) is 14.5 Å². The second-order valence-corrected chi connectivity index (χ2v) is 7.40. The van der Waals surface area contributed by atoms with Crippen molar-refractivity contribution in [2.75, 3.05) is 32.3 Å². The topological polar surface area (TPSA) is 102 Å². The third-order valence-electron chi connectivity index (χ3n) is 5.53. The Labute approximate surface area is 184 Å². The minimum absolute atomic E-state index is 0.00717. The van der Waals surface area contributed by atoms with Crippen LogP contribution in [0.5, 0.6) is 0 Å². The molecule has 0 aromatic heterocycles. The Bertz CT molecular complexity index is 1080. The predicted molar refractivity (Wildman–Crippen MR) is 113 cm³/mol. The Kier molecular flexibility index (Phi) is 5.91. The van der Waals surface area contributed by atoms with Crippen molar-refractivity contribution in [1.29, 1.82) is 0 Å². The maximum atomic E-state index is 13.0. The van der Waals surface area contributed by atoms with Crippen LogP contribution in [0.3, 0.4) is 0 Å². The van der Waals surface area contributed by atoms with Crippen LogP contribution in [-0.4, -0.2) is 62.1 Å². The number of nitrogens with zero attached hydrogens (tertiary/aromatic N) is 2. The average molecular weight is 438 g/mol. The number of carbonyl (C=O) groups excluding carboxylic acids is 4. The third-order valence-corrected chi connectivity index (χ3v) is 5.53. The summed E-state index contributed by atoms with van der Waals surface area (Å²) in [6.07, 6.45) is 7.76. The lowest BCUT2D eigenvalue weighted by Crippen LogP contribution is -2.36. The number of imide groups is 1. The summed E-state index contributed by atoms with van der Waals surface area (Å²) in [5.41, 5.74) is 0.834. The van der Waals surface area contributed by atoms with Crippen molar-refractivity contribution < 1.29 is 33.4 Å². The van der Waals surface area contributed by atoms with E-state index in [4.69, 9.17) is 14.2 Å². The van der Waals surface area contributed by atoms with E-state index in [9.17, 15) is 19.2 Å². The fourth-order valence-corrected chi connectivity index (χ4v) is 3.95. The first kappa shape index (κ1) is 21.5. The highest BCUT2D eigenvalue weighted by Crippen LogP contribution is 2.32. The van der Waals surface area contributed by atoms with E-state index in [-0.39, 0.29) is 41.0 Å². The van der Waals surface area contributed by atoms with Gasteiger partial charge in [0.15, 0.2) is 0 Å². The second kappa shape index (κ2) is 8.80. The Balaban J connectivity index is 1.73. The largest absolute Gasteiger partial charge is 0.465 e. The predicted octanol–water partition coefficient (Wildman–Crippen LogP) is 1.95. The molecular weight excluding hydrogens is 416 g/mol. The monoisotopic (exact) mass is 438 g/mol. The zero-order chi connectivity index (χ0) is 22.8. The molecule has 3 aliphatic rings. The van der Waals surface area contributed by atoms with Gasteiger partial charge in [0.2, 0.25) is 0 Å². The molecule has 3 aliphatic heterocycles. The normalized spacial score (nSPS) is 20.0. The van der Waals surface area contributed by atoms with Crippen LogP contribution in [0.4, 0.5) is 5.69 Å². The minimum atomic E-state index is -0.760.